The van der Waals surface area contributed by atoms with Crippen LogP contribution in [-0.2, 0) is 6.54 Å². The molecule has 2 fully saturated rings. The van der Waals surface area contributed by atoms with E-state index in [1.54, 1.807) is 0 Å². The molecule has 0 radical (unpaired) electrons. The monoisotopic (exact) mass is 281 g/mol. The lowest BCUT2D eigenvalue weighted by Gasteiger charge is -2.18. The van der Waals surface area contributed by atoms with Gasteiger partial charge in [-0.3, -0.25) is 0 Å². The first kappa shape index (κ1) is 12.9. The van der Waals surface area contributed by atoms with Gasteiger partial charge in [0.2, 0.25) is 5.95 Å². The number of aromatic nitrogens is 2. The number of benzene rings is 1. The van der Waals surface area contributed by atoms with E-state index in [9.17, 15) is 0 Å². The smallest absolute Gasteiger partial charge is 0.207 e. The minimum atomic E-state index is 0.870. The van der Waals surface area contributed by atoms with Gasteiger partial charge in [-0.15, -0.1) is 0 Å². The zero-order valence-electron chi connectivity index (χ0n) is 12.6. The second-order valence-corrected chi connectivity index (χ2v) is 6.69. The van der Waals surface area contributed by atoms with Crippen LogP contribution in [0.4, 0.5) is 11.6 Å². The second kappa shape index (κ2) is 5.21. The lowest BCUT2D eigenvalue weighted by Crippen LogP contribution is -2.16. The first-order valence-electron chi connectivity index (χ1n) is 8.15. The Balaban J connectivity index is 1.54. The molecule has 4 rings (SSSR count). The summed E-state index contributed by atoms with van der Waals surface area (Å²) >= 11 is 0. The Hall–Kier alpha value is -1.77. The fraction of sp³-hybridized carbons (Fsp3) is 0.500. The van der Waals surface area contributed by atoms with E-state index in [1.807, 2.05) is 6.07 Å². The molecule has 1 heterocycles. The Morgan fingerprint density at radius 2 is 1.81 bits per heavy atom. The van der Waals surface area contributed by atoms with Crippen LogP contribution < -0.4 is 5.32 Å². The van der Waals surface area contributed by atoms with Gasteiger partial charge in [-0.1, -0.05) is 18.2 Å². The molecule has 3 nitrogen and oxygen atoms in total. The number of para-hydroxylation sites is 1. The average molecular weight is 281 g/mol. The van der Waals surface area contributed by atoms with Gasteiger partial charge >= 0.3 is 0 Å². The Bertz CT molecular complexity index is 597. The molecule has 1 aromatic carbocycles. The first-order valence-corrected chi connectivity index (χ1v) is 8.15. The summed E-state index contributed by atoms with van der Waals surface area (Å²) in [5.74, 6) is 3.81. The summed E-state index contributed by atoms with van der Waals surface area (Å²) in [7, 11) is 0. The summed E-state index contributed by atoms with van der Waals surface area (Å²) in [5, 5.41) is 3.47. The van der Waals surface area contributed by atoms with E-state index in [0.717, 1.165) is 41.6 Å². The van der Waals surface area contributed by atoms with E-state index in [-0.39, 0.29) is 0 Å². The zero-order chi connectivity index (χ0) is 14.2. The summed E-state index contributed by atoms with van der Waals surface area (Å²) < 4.78 is 2.34. The van der Waals surface area contributed by atoms with Gasteiger partial charge in [0.05, 0.1) is 5.69 Å². The van der Waals surface area contributed by atoms with E-state index in [2.05, 4.69) is 52.3 Å². The van der Waals surface area contributed by atoms with E-state index >= 15 is 0 Å². The zero-order valence-corrected chi connectivity index (χ0v) is 12.6. The van der Waals surface area contributed by atoms with Crippen LogP contribution in [0.5, 0.6) is 0 Å². The highest BCUT2D eigenvalue weighted by Gasteiger charge is 2.41. The third kappa shape index (κ3) is 2.97. The maximum absolute atomic E-state index is 4.67. The molecule has 0 unspecified atom stereocenters. The molecule has 0 saturated heterocycles. The van der Waals surface area contributed by atoms with Gasteiger partial charge in [-0.2, -0.15) is 0 Å². The molecule has 2 saturated carbocycles. The summed E-state index contributed by atoms with van der Waals surface area (Å²) in [5.41, 5.74) is 2.21. The van der Waals surface area contributed by atoms with Crippen LogP contribution in [0, 0.1) is 24.7 Å². The number of hydrogen-bond donors (Lipinski definition) is 1. The van der Waals surface area contributed by atoms with Gasteiger partial charge < -0.3 is 9.88 Å². The van der Waals surface area contributed by atoms with Crippen molar-refractivity contribution in [1.82, 2.24) is 9.55 Å². The molecule has 1 N–H and O–H groups in total. The molecule has 110 valence electrons. The minimum absolute atomic E-state index is 0.870. The van der Waals surface area contributed by atoms with Gasteiger partial charge in [-0.05, 0) is 62.5 Å². The molecule has 0 spiro atoms. The largest absolute Gasteiger partial charge is 0.326 e. The van der Waals surface area contributed by atoms with Gasteiger partial charge in [0.15, 0.2) is 0 Å². The quantitative estimate of drug-likeness (QED) is 0.852. The maximum atomic E-state index is 4.67. The molecule has 21 heavy (non-hydrogen) atoms. The normalized spacial score (nSPS) is 18.2. The van der Waals surface area contributed by atoms with Crippen molar-refractivity contribution in [2.75, 3.05) is 5.32 Å². The highest BCUT2D eigenvalue weighted by atomic mass is 15.2. The first-order chi connectivity index (χ1) is 10.3. The second-order valence-electron chi connectivity index (χ2n) is 6.69. The van der Waals surface area contributed by atoms with E-state index in [0.29, 0.717) is 0 Å². The molecule has 0 atom stereocenters. The minimum Gasteiger partial charge on any atom is -0.326 e. The molecular formula is C18H23N3. The molecule has 0 amide bonds. The molecule has 2 aromatic rings. The molecule has 3 heteroatoms. The van der Waals surface area contributed by atoms with Crippen LogP contribution >= 0.6 is 0 Å². The van der Waals surface area contributed by atoms with E-state index < -0.39 is 0 Å². The Labute approximate surface area is 126 Å². The van der Waals surface area contributed by atoms with Crippen LogP contribution in [0.15, 0.2) is 36.5 Å². The molecule has 2 aliphatic rings. The molecule has 1 aromatic heterocycles. The third-order valence-electron chi connectivity index (χ3n) is 4.79. The fourth-order valence-corrected chi connectivity index (χ4v) is 3.40. The van der Waals surface area contributed by atoms with Crippen molar-refractivity contribution in [2.24, 2.45) is 17.8 Å². The van der Waals surface area contributed by atoms with Crippen molar-refractivity contribution < 1.29 is 0 Å². The summed E-state index contributed by atoms with van der Waals surface area (Å²) in [6.45, 7) is 3.21. The Morgan fingerprint density at radius 1 is 1.14 bits per heavy atom. The standard InChI is InChI=1S/C18H23N3/c1-13-11-21(12-17(14-7-8-14)15-9-10-15)18(19-13)20-16-5-3-2-4-6-16/h2-6,11,14-15,17H,7-10,12H2,1H3,(H,19,20). The van der Waals surface area contributed by atoms with Gasteiger partial charge in [0, 0.05) is 18.4 Å². The SMILES string of the molecule is Cc1cn(CC(C2CC2)C2CC2)c(Nc2ccccc2)n1. The van der Waals surface area contributed by atoms with Crippen LogP contribution in [-0.4, -0.2) is 9.55 Å². The number of anilines is 2. The van der Waals surface area contributed by atoms with Crippen molar-refractivity contribution in [3.63, 3.8) is 0 Å². The number of nitrogens with zero attached hydrogens (tertiary/aromatic N) is 2. The van der Waals surface area contributed by atoms with E-state index in [4.69, 9.17) is 0 Å². The molecule has 0 bridgehead atoms. The number of imidazole rings is 1. The van der Waals surface area contributed by atoms with Crippen molar-refractivity contribution in [3.05, 3.63) is 42.2 Å². The number of aryl methyl sites for hydroxylation is 1. The Kier molecular flexibility index (Phi) is 3.21. The third-order valence-corrected chi connectivity index (χ3v) is 4.79. The number of rotatable bonds is 6. The molecule has 2 aliphatic carbocycles. The van der Waals surface area contributed by atoms with Gasteiger partial charge in [0.1, 0.15) is 0 Å². The molecule has 0 aliphatic heterocycles. The summed E-state index contributed by atoms with van der Waals surface area (Å²) in [6, 6.07) is 10.3. The van der Waals surface area contributed by atoms with Crippen LogP contribution in [0.1, 0.15) is 31.4 Å². The van der Waals surface area contributed by atoms with Crippen molar-refractivity contribution in [1.29, 1.82) is 0 Å². The fourth-order valence-electron chi connectivity index (χ4n) is 3.40. The van der Waals surface area contributed by atoms with Crippen LogP contribution in [0.3, 0.4) is 0 Å². The van der Waals surface area contributed by atoms with Crippen LogP contribution in [0.2, 0.25) is 0 Å². The van der Waals surface area contributed by atoms with Crippen molar-refractivity contribution >= 4 is 11.6 Å². The summed E-state index contributed by atoms with van der Waals surface area (Å²) in [4.78, 5) is 4.67. The number of nitrogens with one attached hydrogen (secondary N) is 1. The maximum Gasteiger partial charge on any atom is 0.207 e. The highest BCUT2D eigenvalue weighted by molar-refractivity contribution is 5.53. The van der Waals surface area contributed by atoms with Gasteiger partial charge in [-0.25, -0.2) is 4.98 Å². The average Bonchev–Trinajstić information content (AvgIpc) is 3.37. The van der Waals surface area contributed by atoms with E-state index in [1.165, 1.54) is 25.7 Å². The predicted molar refractivity (Wildman–Crippen MR) is 85.6 cm³/mol. The Morgan fingerprint density at radius 3 is 2.43 bits per heavy atom. The number of hydrogen-bond acceptors (Lipinski definition) is 2. The molecular weight excluding hydrogens is 258 g/mol. The highest BCUT2D eigenvalue weighted by Crippen LogP contribution is 2.50. The summed E-state index contributed by atoms with van der Waals surface area (Å²) in [6.07, 6.45) is 7.96. The van der Waals surface area contributed by atoms with Crippen LogP contribution in [0.25, 0.3) is 0 Å². The lowest BCUT2D eigenvalue weighted by molar-refractivity contribution is 0.351. The lowest BCUT2D eigenvalue weighted by atomic mass is 9.98. The van der Waals surface area contributed by atoms with Gasteiger partial charge in [0.25, 0.3) is 0 Å². The van der Waals surface area contributed by atoms with Crippen molar-refractivity contribution in [2.45, 2.75) is 39.2 Å². The predicted octanol–water partition coefficient (Wildman–Crippen LogP) is 4.37. The topological polar surface area (TPSA) is 29.9 Å². The van der Waals surface area contributed by atoms with Crippen molar-refractivity contribution in [3.8, 4) is 0 Å².